The highest BCUT2D eigenvalue weighted by Gasteiger charge is 2.36. The Morgan fingerprint density at radius 1 is 1.20 bits per heavy atom. The van der Waals surface area contributed by atoms with E-state index in [2.05, 4.69) is 20.7 Å². The molecule has 0 aromatic carbocycles. The van der Waals surface area contributed by atoms with Crippen LogP contribution in [-0.4, -0.2) is 51.7 Å². The highest BCUT2D eigenvalue weighted by Crippen LogP contribution is 2.31. The van der Waals surface area contributed by atoms with Gasteiger partial charge in [-0.05, 0) is 70.9 Å². The van der Waals surface area contributed by atoms with E-state index < -0.39 is 47.6 Å². The van der Waals surface area contributed by atoms with Gasteiger partial charge in [0, 0.05) is 12.6 Å². The minimum Gasteiger partial charge on any atom is -0.444 e. The summed E-state index contributed by atoms with van der Waals surface area (Å²) in [6, 6.07) is -0.391. The van der Waals surface area contributed by atoms with Crippen molar-refractivity contribution in [3.8, 4) is 0 Å². The summed E-state index contributed by atoms with van der Waals surface area (Å²) in [5.74, 6) is -0.652. The largest absolute Gasteiger partial charge is 0.444 e. The molecule has 0 aliphatic heterocycles. The Labute approximate surface area is 237 Å². The van der Waals surface area contributed by atoms with Crippen molar-refractivity contribution in [3.05, 3.63) is 35.3 Å². The summed E-state index contributed by atoms with van der Waals surface area (Å²) in [5.41, 5.74) is 3.20. The van der Waals surface area contributed by atoms with Gasteiger partial charge in [-0.15, -0.1) is 0 Å². The smallest absolute Gasteiger partial charge is 0.435 e. The maximum absolute atomic E-state index is 13.5. The summed E-state index contributed by atoms with van der Waals surface area (Å²) in [4.78, 5) is 28.8. The van der Waals surface area contributed by atoms with Crippen LogP contribution in [0.25, 0.3) is 5.57 Å². The first kappa shape index (κ1) is 35.6. The lowest BCUT2D eigenvalue weighted by Gasteiger charge is -2.30. The molecule has 4 N–H and O–H groups in total. The standard InChI is InChI=1S/C27H41F5N6O3/c1-9-16(2)10-17(3)20-12-21(27(30,31)32)37-38(20)15-26(7,8)36-22(39)19(35-24(40)41-25(4,5)6)11-18(13-33)14-34-23(28)29/h10,12-14,16,19,23H,9,11,15,33H2,1-8H3,(H,35,40)(H,36,39)/b17-10+,18-13-,34-14+/t16?,19-/m1/s1. The number of halogens is 5. The van der Waals surface area contributed by atoms with E-state index in [0.717, 1.165) is 24.9 Å². The molecule has 0 fully saturated rings. The summed E-state index contributed by atoms with van der Waals surface area (Å²) in [6.07, 6.45) is -1.57. The number of carbonyl (C=O) groups is 2. The van der Waals surface area contributed by atoms with E-state index in [1.54, 1.807) is 41.5 Å². The van der Waals surface area contributed by atoms with Gasteiger partial charge in [0.1, 0.15) is 11.6 Å². The number of hydrogen-bond acceptors (Lipinski definition) is 6. The fourth-order valence-corrected chi connectivity index (χ4v) is 3.67. The average molecular weight is 593 g/mol. The van der Waals surface area contributed by atoms with Crippen molar-refractivity contribution >= 4 is 23.8 Å². The number of alkyl halides is 5. The second-order valence-electron chi connectivity index (χ2n) is 11.4. The van der Waals surface area contributed by atoms with Crippen molar-refractivity contribution in [2.24, 2.45) is 16.6 Å². The molecular formula is C27H41F5N6O3. The number of allylic oxidation sites excluding steroid dienone is 2. The third kappa shape index (κ3) is 12.7. The van der Waals surface area contributed by atoms with Gasteiger partial charge in [0.05, 0.1) is 17.8 Å². The second-order valence-corrected chi connectivity index (χ2v) is 11.4. The van der Waals surface area contributed by atoms with Crippen molar-refractivity contribution in [2.45, 2.75) is 105 Å². The summed E-state index contributed by atoms with van der Waals surface area (Å²) >= 11 is 0. The van der Waals surface area contributed by atoms with Gasteiger partial charge in [-0.25, -0.2) is 9.79 Å². The van der Waals surface area contributed by atoms with Gasteiger partial charge in [-0.3, -0.25) is 9.48 Å². The lowest BCUT2D eigenvalue weighted by atomic mass is 10.0. The normalized spacial score (nSPS) is 15.3. The summed E-state index contributed by atoms with van der Waals surface area (Å²) in [7, 11) is 0. The van der Waals surface area contributed by atoms with Crippen LogP contribution >= 0.6 is 0 Å². The number of nitrogens with two attached hydrogens (primary N) is 1. The average Bonchev–Trinajstić information content (AvgIpc) is 3.22. The Bertz CT molecular complexity index is 1130. The number of aromatic nitrogens is 2. The molecule has 232 valence electrons. The first-order valence-corrected chi connectivity index (χ1v) is 13.0. The minimum atomic E-state index is -4.68. The molecule has 14 heteroatoms. The van der Waals surface area contributed by atoms with Crippen molar-refractivity contribution in [2.75, 3.05) is 0 Å². The molecule has 0 radical (unpaired) electrons. The molecule has 41 heavy (non-hydrogen) atoms. The van der Waals surface area contributed by atoms with Crippen LogP contribution in [0.2, 0.25) is 0 Å². The van der Waals surface area contributed by atoms with E-state index in [0.29, 0.717) is 5.57 Å². The second kappa shape index (κ2) is 14.4. The topological polar surface area (TPSA) is 124 Å². The number of nitrogens with zero attached hydrogens (tertiary/aromatic N) is 3. The summed E-state index contributed by atoms with van der Waals surface area (Å²) in [5, 5.41) is 8.86. The van der Waals surface area contributed by atoms with Gasteiger partial charge in [0.2, 0.25) is 5.91 Å². The third-order valence-corrected chi connectivity index (χ3v) is 5.67. The van der Waals surface area contributed by atoms with E-state index in [4.69, 9.17) is 10.5 Å². The van der Waals surface area contributed by atoms with E-state index in [1.807, 2.05) is 19.9 Å². The maximum Gasteiger partial charge on any atom is 0.435 e. The SMILES string of the molecule is CCC(C)/C=C(\C)c1cc(C(F)(F)F)nn1CC(C)(C)NC(=O)[C@@H](CC(=C/N)/C=N/C(F)F)NC(=O)OC(C)(C)C. The van der Waals surface area contributed by atoms with Gasteiger partial charge in [-0.2, -0.15) is 27.1 Å². The monoisotopic (exact) mass is 592 g/mol. The van der Waals surface area contributed by atoms with Gasteiger partial charge in [0.15, 0.2) is 5.69 Å². The van der Waals surface area contributed by atoms with E-state index in [9.17, 15) is 31.5 Å². The number of amides is 2. The zero-order valence-corrected chi connectivity index (χ0v) is 24.7. The summed E-state index contributed by atoms with van der Waals surface area (Å²) < 4.78 is 72.2. The Morgan fingerprint density at radius 2 is 1.80 bits per heavy atom. The van der Waals surface area contributed by atoms with Crippen LogP contribution in [0.5, 0.6) is 0 Å². The number of carbonyl (C=O) groups excluding carboxylic acids is 2. The third-order valence-electron chi connectivity index (χ3n) is 5.67. The maximum atomic E-state index is 13.5. The first-order chi connectivity index (χ1) is 18.7. The van der Waals surface area contributed by atoms with Gasteiger partial charge < -0.3 is 21.1 Å². The fourth-order valence-electron chi connectivity index (χ4n) is 3.67. The number of rotatable bonds is 12. The van der Waals surface area contributed by atoms with Crippen LogP contribution in [0.4, 0.5) is 26.7 Å². The number of alkyl carbamates (subject to hydrolysis) is 1. The summed E-state index contributed by atoms with van der Waals surface area (Å²) in [6.45, 7) is 10.4. The highest BCUT2D eigenvalue weighted by molar-refractivity contribution is 5.88. The Morgan fingerprint density at radius 3 is 2.29 bits per heavy atom. The molecule has 0 saturated heterocycles. The van der Waals surface area contributed by atoms with Crippen LogP contribution in [-0.2, 0) is 22.3 Å². The fraction of sp³-hybridized carbons (Fsp3) is 0.630. The van der Waals surface area contributed by atoms with Crippen LogP contribution < -0.4 is 16.4 Å². The van der Waals surface area contributed by atoms with E-state index >= 15 is 0 Å². The zero-order chi connectivity index (χ0) is 31.8. The van der Waals surface area contributed by atoms with Crippen molar-refractivity contribution in [1.82, 2.24) is 20.4 Å². The van der Waals surface area contributed by atoms with Crippen molar-refractivity contribution < 1.29 is 36.3 Å². The van der Waals surface area contributed by atoms with Crippen LogP contribution in [0.1, 0.15) is 79.6 Å². The number of nitrogens with one attached hydrogen (secondary N) is 2. The first-order valence-electron chi connectivity index (χ1n) is 13.0. The molecule has 1 aromatic heterocycles. The van der Waals surface area contributed by atoms with Gasteiger partial charge >= 0.3 is 18.8 Å². The predicted molar refractivity (Wildman–Crippen MR) is 147 cm³/mol. The van der Waals surface area contributed by atoms with Gasteiger partial charge in [-0.1, -0.05) is 26.3 Å². The quantitative estimate of drug-likeness (QED) is 0.164. The molecule has 9 nitrogen and oxygen atoms in total. The van der Waals surface area contributed by atoms with Crippen molar-refractivity contribution in [3.63, 3.8) is 0 Å². The number of aliphatic imine (C=N–C) groups is 1. The molecule has 2 atom stereocenters. The molecule has 0 spiro atoms. The Hall–Kier alpha value is -3.45. The molecule has 0 saturated carbocycles. The predicted octanol–water partition coefficient (Wildman–Crippen LogP) is 5.67. The molecular weight excluding hydrogens is 551 g/mol. The Balaban J connectivity index is 3.34. The van der Waals surface area contributed by atoms with E-state index in [-0.39, 0.29) is 30.2 Å². The molecule has 1 aromatic rings. The van der Waals surface area contributed by atoms with Crippen LogP contribution in [0, 0.1) is 5.92 Å². The van der Waals surface area contributed by atoms with Crippen molar-refractivity contribution in [1.29, 1.82) is 0 Å². The minimum absolute atomic E-state index is 0.0225. The molecule has 0 aliphatic carbocycles. The lowest BCUT2D eigenvalue weighted by molar-refractivity contribution is -0.141. The number of ether oxygens (including phenoxy) is 1. The highest BCUT2D eigenvalue weighted by atomic mass is 19.4. The lowest BCUT2D eigenvalue weighted by Crippen LogP contribution is -2.55. The zero-order valence-electron chi connectivity index (χ0n) is 24.7. The van der Waals surface area contributed by atoms with Crippen LogP contribution in [0.3, 0.4) is 0 Å². The molecule has 0 bridgehead atoms. The Kier molecular flexibility index (Phi) is 12.5. The molecule has 1 unspecified atom stereocenters. The van der Waals surface area contributed by atoms with Crippen LogP contribution in [0.15, 0.2) is 28.9 Å². The van der Waals surface area contributed by atoms with E-state index in [1.165, 1.54) is 4.68 Å². The molecule has 0 aliphatic rings. The molecule has 1 rings (SSSR count). The molecule has 1 heterocycles. The van der Waals surface area contributed by atoms with Gasteiger partial charge in [0.25, 0.3) is 0 Å². The molecule has 2 amide bonds. The number of hydrogen-bond donors (Lipinski definition) is 3.